The molecule has 0 aromatic heterocycles. The van der Waals surface area contributed by atoms with E-state index in [4.69, 9.17) is 9.47 Å². The molecule has 1 fully saturated rings. The fraction of sp³-hybridized carbons (Fsp3) is 0.500. The van der Waals surface area contributed by atoms with Crippen LogP contribution in [0.5, 0.6) is 11.5 Å². The van der Waals surface area contributed by atoms with Gasteiger partial charge in [-0.05, 0) is 55.9 Å². The van der Waals surface area contributed by atoms with Crippen molar-refractivity contribution in [3.05, 3.63) is 59.7 Å². The molecule has 5 rings (SSSR count). The van der Waals surface area contributed by atoms with Crippen molar-refractivity contribution in [3.63, 3.8) is 0 Å². The highest BCUT2D eigenvalue weighted by Crippen LogP contribution is 2.38. The van der Waals surface area contributed by atoms with Crippen LogP contribution in [0.1, 0.15) is 54.4 Å². The van der Waals surface area contributed by atoms with E-state index < -0.39 is 5.41 Å². The van der Waals surface area contributed by atoms with Crippen molar-refractivity contribution in [1.29, 1.82) is 0 Å². The Hall–Kier alpha value is -3.55. The van der Waals surface area contributed by atoms with E-state index in [9.17, 15) is 14.4 Å². The zero-order valence-corrected chi connectivity index (χ0v) is 22.5. The number of fused-ring (bicyclic) bond motifs is 9. The number of nitrogens with one attached hydrogen (secondary N) is 1. The number of amides is 3. The first kappa shape index (κ1) is 27.5. The first-order chi connectivity index (χ1) is 18.5. The molecule has 2 aromatic carbocycles. The summed E-state index contributed by atoms with van der Waals surface area (Å²) in [5.74, 6) is 1.33. The maximum atomic E-state index is 13.4. The van der Waals surface area contributed by atoms with Gasteiger partial charge in [-0.3, -0.25) is 14.4 Å². The summed E-state index contributed by atoms with van der Waals surface area (Å²) in [4.78, 5) is 43.3. The number of ether oxygens (including phenoxy) is 2. The topological polar surface area (TPSA) is 88.2 Å². The molecule has 1 saturated heterocycles. The number of nitrogens with zero attached hydrogens (tertiary/aromatic N) is 2. The SMILES string of the molecule is CNC(=O)C12CCCCN(C(=O)CCc3ccccc3OC)CCOc3ccccc3C(=O)N(CC1)CC2. The Morgan fingerprint density at radius 2 is 1.71 bits per heavy atom. The lowest BCUT2D eigenvalue weighted by molar-refractivity contribution is -0.134. The number of carbonyl (C=O) groups excluding carboxylic acids is 3. The smallest absolute Gasteiger partial charge is 0.257 e. The summed E-state index contributed by atoms with van der Waals surface area (Å²) in [6.45, 7) is 2.40. The number of benzene rings is 2. The zero-order chi connectivity index (χ0) is 27.0. The van der Waals surface area contributed by atoms with Crippen LogP contribution < -0.4 is 14.8 Å². The van der Waals surface area contributed by atoms with Crippen LogP contribution in [0.3, 0.4) is 0 Å². The first-order valence-corrected chi connectivity index (χ1v) is 13.6. The lowest BCUT2D eigenvalue weighted by atomic mass is 9.73. The van der Waals surface area contributed by atoms with Crippen molar-refractivity contribution < 1.29 is 23.9 Å². The number of piperidine rings is 1. The van der Waals surface area contributed by atoms with Crippen LogP contribution in [0, 0.1) is 5.41 Å². The first-order valence-electron chi connectivity index (χ1n) is 13.6. The quantitative estimate of drug-likeness (QED) is 0.649. The standard InChI is InChI=1S/C30H39N3O5/c1-31-29(36)30-15-7-8-18-32(27(34)14-13-23-9-3-5-11-25(23)37-2)21-22-38-26-12-6-4-10-24(26)28(35)33(19-16-30)20-17-30/h3-6,9-12H,7-8,13-22H2,1-2H3,(H,31,36). The second-order valence-electron chi connectivity index (χ2n) is 10.1. The van der Waals surface area contributed by atoms with Gasteiger partial charge in [0.05, 0.1) is 24.6 Å². The van der Waals surface area contributed by atoms with Crippen LogP contribution in [-0.2, 0) is 16.0 Å². The highest BCUT2D eigenvalue weighted by Gasteiger charge is 2.41. The molecule has 3 heterocycles. The van der Waals surface area contributed by atoms with Crippen molar-refractivity contribution in [2.45, 2.75) is 44.9 Å². The lowest BCUT2D eigenvalue weighted by Crippen LogP contribution is -2.49. The fourth-order valence-electron chi connectivity index (χ4n) is 5.64. The summed E-state index contributed by atoms with van der Waals surface area (Å²) in [6.07, 6.45) is 4.59. The van der Waals surface area contributed by atoms with E-state index in [1.807, 2.05) is 46.2 Å². The van der Waals surface area contributed by atoms with Crippen LogP contribution in [0.25, 0.3) is 0 Å². The summed E-state index contributed by atoms with van der Waals surface area (Å²) in [5, 5.41) is 2.85. The monoisotopic (exact) mass is 521 g/mol. The highest BCUT2D eigenvalue weighted by atomic mass is 16.5. The average Bonchev–Trinajstić information content (AvgIpc) is 2.97. The normalized spacial score (nSPS) is 18.0. The van der Waals surface area contributed by atoms with Crippen LogP contribution >= 0.6 is 0 Å². The minimum atomic E-state index is -0.486. The number of carbonyl (C=O) groups is 3. The predicted molar refractivity (Wildman–Crippen MR) is 145 cm³/mol. The Labute approximate surface area is 225 Å². The third-order valence-corrected chi connectivity index (χ3v) is 7.94. The molecule has 3 aliphatic heterocycles. The minimum absolute atomic E-state index is 0.0439. The number of methoxy groups -OCH3 is 1. The number of para-hydroxylation sites is 2. The molecule has 38 heavy (non-hydrogen) atoms. The number of hydrogen-bond donors (Lipinski definition) is 1. The van der Waals surface area contributed by atoms with Crippen molar-refractivity contribution in [3.8, 4) is 11.5 Å². The summed E-state index contributed by atoms with van der Waals surface area (Å²) < 4.78 is 11.5. The Bertz CT molecular complexity index is 1130. The summed E-state index contributed by atoms with van der Waals surface area (Å²) in [5.41, 5.74) is 1.04. The third kappa shape index (κ3) is 6.29. The van der Waals surface area contributed by atoms with Gasteiger partial charge in [0.15, 0.2) is 0 Å². The molecule has 0 unspecified atom stereocenters. The van der Waals surface area contributed by atoms with Gasteiger partial charge in [-0.15, -0.1) is 0 Å². The van der Waals surface area contributed by atoms with Crippen molar-refractivity contribution >= 4 is 17.7 Å². The largest absolute Gasteiger partial charge is 0.496 e. The van der Waals surface area contributed by atoms with Gasteiger partial charge in [0.2, 0.25) is 11.8 Å². The second-order valence-corrected chi connectivity index (χ2v) is 10.1. The Morgan fingerprint density at radius 1 is 0.974 bits per heavy atom. The fourth-order valence-corrected chi connectivity index (χ4v) is 5.64. The van der Waals surface area contributed by atoms with E-state index in [0.717, 1.165) is 30.6 Å². The minimum Gasteiger partial charge on any atom is -0.496 e. The molecule has 2 aromatic rings. The molecule has 3 amide bonds. The highest BCUT2D eigenvalue weighted by molar-refractivity contribution is 5.97. The van der Waals surface area contributed by atoms with E-state index in [1.54, 1.807) is 26.3 Å². The average molecular weight is 522 g/mol. The summed E-state index contributed by atoms with van der Waals surface area (Å²) in [7, 11) is 3.32. The van der Waals surface area contributed by atoms with Crippen molar-refractivity contribution in [1.82, 2.24) is 15.1 Å². The van der Waals surface area contributed by atoms with Crippen LogP contribution in [0.4, 0.5) is 0 Å². The van der Waals surface area contributed by atoms with Gasteiger partial charge < -0.3 is 24.6 Å². The van der Waals surface area contributed by atoms with Crippen LogP contribution in [0.15, 0.2) is 48.5 Å². The molecule has 204 valence electrons. The molecule has 8 heteroatoms. The molecule has 3 aliphatic rings. The maximum Gasteiger partial charge on any atom is 0.257 e. The second kappa shape index (κ2) is 12.8. The van der Waals surface area contributed by atoms with Crippen LogP contribution in [-0.4, -0.2) is 74.5 Å². The zero-order valence-electron chi connectivity index (χ0n) is 22.5. The van der Waals surface area contributed by atoms with Gasteiger partial charge in [-0.2, -0.15) is 0 Å². The van der Waals surface area contributed by atoms with E-state index in [2.05, 4.69) is 5.32 Å². The van der Waals surface area contributed by atoms with Gasteiger partial charge >= 0.3 is 0 Å². The molecule has 0 saturated carbocycles. The molecule has 1 N–H and O–H groups in total. The van der Waals surface area contributed by atoms with Crippen molar-refractivity contribution in [2.75, 3.05) is 46.9 Å². The molecule has 0 aliphatic carbocycles. The molecule has 8 nitrogen and oxygen atoms in total. The predicted octanol–water partition coefficient (Wildman–Crippen LogP) is 3.69. The molecular formula is C30H39N3O5. The number of rotatable bonds is 5. The van der Waals surface area contributed by atoms with Gasteiger partial charge in [-0.25, -0.2) is 0 Å². The number of aryl methyl sites for hydroxylation is 1. The van der Waals surface area contributed by atoms with Gasteiger partial charge in [0.1, 0.15) is 18.1 Å². The van der Waals surface area contributed by atoms with E-state index >= 15 is 0 Å². The van der Waals surface area contributed by atoms with Crippen molar-refractivity contribution in [2.24, 2.45) is 5.41 Å². The number of hydrogen-bond acceptors (Lipinski definition) is 5. The molecule has 0 radical (unpaired) electrons. The van der Waals surface area contributed by atoms with E-state index in [-0.39, 0.29) is 17.7 Å². The van der Waals surface area contributed by atoms with E-state index in [0.29, 0.717) is 69.8 Å². The Kier molecular flexibility index (Phi) is 9.26. The maximum absolute atomic E-state index is 13.4. The van der Waals surface area contributed by atoms with Crippen LogP contribution in [0.2, 0.25) is 0 Å². The van der Waals surface area contributed by atoms with Gasteiger partial charge in [0.25, 0.3) is 5.91 Å². The van der Waals surface area contributed by atoms with Gasteiger partial charge in [0, 0.05) is 33.1 Å². The van der Waals surface area contributed by atoms with Gasteiger partial charge in [-0.1, -0.05) is 36.8 Å². The third-order valence-electron chi connectivity index (χ3n) is 7.94. The summed E-state index contributed by atoms with van der Waals surface area (Å²) in [6, 6.07) is 15.0. The molecule has 0 spiro atoms. The Morgan fingerprint density at radius 3 is 2.47 bits per heavy atom. The molecule has 2 bridgehead atoms. The van der Waals surface area contributed by atoms with E-state index in [1.165, 1.54) is 0 Å². The lowest BCUT2D eigenvalue weighted by Gasteiger charge is -2.40. The molecule has 0 atom stereocenters. The Balaban J connectivity index is 1.51. The summed E-state index contributed by atoms with van der Waals surface area (Å²) >= 11 is 0. The molecular weight excluding hydrogens is 482 g/mol.